The molecule has 0 radical (unpaired) electrons. The molecule has 0 aliphatic heterocycles. The number of pyridine rings is 1. The Labute approximate surface area is 148 Å². The summed E-state index contributed by atoms with van der Waals surface area (Å²) in [5.41, 5.74) is 0.846. The quantitative estimate of drug-likeness (QED) is 0.834. The third-order valence-corrected chi connectivity index (χ3v) is 3.92. The second kappa shape index (κ2) is 7.51. The minimum Gasteiger partial charge on any atom is -0.464 e. The van der Waals surface area contributed by atoms with Gasteiger partial charge in [0.05, 0.1) is 17.4 Å². The van der Waals surface area contributed by atoms with E-state index in [4.69, 9.17) is 4.42 Å². The molecule has 1 atom stereocenters. The van der Waals surface area contributed by atoms with Crippen molar-refractivity contribution in [2.24, 2.45) is 5.41 Å². The maximum absolute atomic E-state index is 12.4. The van der Waals surface area contributed by atoms with Crippen molar-refractivity contribution < 1.29 is 14.0 Å². The highest BCUT2D eigenvalue weighted by Gasteiger charge is 2.32. The molecule has 0 bridgehead atoms. The summed E-state index contributed by atoms with van der Waals surface area (Å²) in [6.07, 6.45) is 2.40. The summed E-state index contributed by atoms with van der Waals surface area (Å²) in [4.78, 5) is 28.7. The van der Waals surface area contributed by atoms with Gasteiger partial charge in [0.25, 0.3) is 0 Å². The summed E-state index contributed by atoms with van der Waals surface area (Å²) in [5, 5.41) is 5.38. The lowest BCUT2D eigenvalue weighted by atomic mass is 9.85. The summed E-state index contributed by atoms with van der Waals surface area (Å²) < 4.78 is 5.78. The fraction of sp³-hybridized carbons (Fsp3) is 0.421. The van der Waals surface area contributed by atoms with Gasteiger partial charge >= 0.3 is 11.8 Å². The minimum atomic E-state index is -0.729. The van der Waals surface area contributed by atoms with Crippen LogP contribution in [0.25, 0.3) is 0 Å². The van der Waals surface area contributed by atoms with Crippen molar-refractivity contribution in [3.05, 3.63) is 47.7 Å². The second-order valence-corrected chi connectivity index (χ2v) is 7.02. The van der Waals surface area contributed by atoms with Crippen LogP contribution in [0.3, 0.4) is 0 Å². The molecule has 134 valence electrons. The second-order valence-electron chi connectivity index (χ2n) is 7.02. The smallest absolute Gasteiger partial charge is 0.313 e. The number of aromatic nitrogens is 1. The number of aryl methyl sites for hydroxylation is 2. The van der Waals surface area contributed by atoms with E-state index in [1.165, 1.54) is 0 Å². The van der Waals surface area contributed by atoms with Gasteiger partial charge < -0.3 is 15.1 Å². The number of amides is 2. The average Bonchev–Trinajstić information content (AvgIpc) is 3.01. The molecule has 2 rings (SSSR count). The van der Waals surface area contributed by atoms with Crippen molar-refractivity contribution in [1.82, 2.24) is 10.3 Å². The Morgan fingerprint density at radius 2 is 1.92 bits per heavy atom. The van der Waals surface area contributed by atoms with Crippen LogP contribution in [-0.4, -0.2) is 16.8 Å². The molecule has 2 aromatic rings. The van der Waals surface area contributed by atoms with Crippen LogP contribution in [0.2, 0.25) is 0 Å². The van der Waals surface area contributed by atoms with Crippen molar-refractivity contribution >= 4 is 17.5 Å². The molecule has 2 amide bonds. The largest absolute Gasteiger partial charge is 0.464 e. The molecule has 6 heteroatoms. The number of carbonyl (C=O) groups is 2. The summed E-state index contributed by atoms with van der Waals surface area (Å²) in [7, 11) is 0. The molecule has 2 aromatic heterocycles. The Balaban J connectivity index is 2.14. The van der Waals surface area contributed by atoms with E-state index in [2.05, 4.69) is 15.6 Å². The van der Waals surface area contributed by atoms with Crippen molar-refractivity contribution in [2.75, 3.05) is 5.32 Å². The standard InChI is InChI=1S/C19H25N3O3/c1-6-13-9-10-15(25-13)16(19(3,4)5)22-18(24)17(23)21-14-8-7-11-20-12(14)2/h7-11,16H,6H2,1-5H3,(H,21,23)(H,22,24)/t16-/m1/s1. The number of rotatable bonds is 4. The van der Waals surface area contributed by atoms with Crippen LogP contribution >= 0.6 is 0 Å². The van der Waals surface area contributed by atoms with E-state index in [-0.39, 0.29) is 5.41 Å². The van der Waals surface area contributed by atoms with Crippen LogP contribution in [0.15, 0.2) is 34.9 Å². The van der Waals surface area contributed by atoms with E-state index < -0.39 is 17.9 Å². The number of furan rings is 1. The van der Waals surface area contributed by atoms with Gasteiger partial charge in [0.1, 0.15) is 11.5 Å². The molecule has 2 N–H and O–H groups in total. The van der Waals surface area contributed by atoms with Crippen molar-refractivity contribution in [2.45, 2.75) is 47.1 Å². The van der Waals surface area contributed by atoms with Crippen LogP contribution in [0, 0.1) is 12.3 Å². The van der Waals surface area contributed by atoms with E-state index in [0.717, 1.165) is 12.2 Å². The monoisotopic (exact) mass is 343 g/mol. The van der Waals surface area contributed by atoms with E-state index in [9.17, 15) is 9.59 Å². The van der Waals surface area contributed by atoms with Gasteiger partial charge in [0.15, 0.2) is 0 Å². The Morgan fingerprint density at radius 1 is 1.20 bits per heavy atom. The summed E-state index contributed by atoms with van der Waals surface area (Å²) >= 11 is 0. The van der Waals surface area contributed by atoms with Crippen LogP contribution < -0.4 is 10.6 Å². The maximum atomic E-state index is 12.4. The molecule has 0 aliphatic carbocycles. The van der Waals surface area contributed by atoms with Gasteiger partial charge in [-0.3, -0.25) is 14.6 Å². The summed E-state index contributed by atoms with van der Waals surface area (Å²) in [6.45, 7) is 9.71. The van der Waals surface area contributed by atoms with Crippen LogP contribution in [0.5, 0.6) is 0 Å². The van der Waals surface area contributed by atoms with Crippen molar-refractivity contribution in [1.29, 1.82) is 0 Å². The molecule has 0 saturated carbocycles. The predicted molar refractivity (Wildman–Crippen MR) is 96.0 cm³/mol. The number of nitrogens with one attached hydrogen (secondary N) is 2. The topological polar surface area (TPSA) is 84.2 Å². The Hall–Kier alpha value is -2.63. The lowest BCUT2D eigenvalue weighted by molar-refractivity contribution is -0.137. The van der Waals surface area contributed by atoms with Gasteiger partial charge in [-0.15, -0.1) is 0 Å². The van der Waals surface area contributed by atoms with Crippen molar-refractivity contribution in [3.63, 3.8) is 0 Å². The molecule has 0 aromatic carbocycles. The first kappa shape index (κ1) is 18.7. The van der Waals surface area contributed by atoms with Gasteiger partial charge in [0.2, 0.25) is 0 Å². The third kappa shape index (κ3) is 4.68. The first-order chi connectivity index (χ1) is 11.7. The zero-order chi connectivity index (χ0) is 18.6. The zero-order valence-corrected chi connectivity index (χ0v) is 15.3. The Kier molecular flexibility index (Phi) is 5.62. The predicted octanol–water partition coefficient (Wildman–Crippen LogP) is 3.39. The molecule has 25 heavy (non-hydrogen) atoms. The van der Waals surface area contributed by atoms with Gasteiger partial charge in [-0.05, 0) is 36.6 Å². The highest BCUT2D eigenvalue weighted by atomic mass is 16.3. The number of carbonyl (C=O) groups excluding carboxylic acids is 2. The Bertz CT molecular complexity index is 759. The van der Waals surface area contributed by atoms with E-state index in [1.807, 2.05) is 39.8 Å². The molecule has 0 unspecified atom stereocenters. The SMILES string of the molecule is CCc1ccc([C@@H](NC(=O)C(=O)Nc2cccnc2C)C(C)(C)C)o1. The number of nitrogens with zero attached hydrogens (tertiary/aromatic N) is 1. The first-order valence-electron chi connectivity index (χ1n) is 8.34. The van der Waals surface area contributed by atoms with Crippen LogP contribution in [0.4, 0.5) is 5.69 Å². The minimum absolute atomic E-state index is 0.316. The van der Waals surface area contributed by atoms with E-state index in [1.54, 1.807) is 25.3 Å². The average molecular weight is 343 g/mol. The zero-order valence-electron chi connectivity index (χ0n) is 15.3. The first-order valence-corrected chi connectivity index (χ1v) is 8.34. The fourth-order valence-corrected chi connectivity index (χ4v) is 2.45. The number of hydrogen-bond acceptors (Lipinski definition) is 4. The normalized spacial score (nSPS) is 12.5. The van der Waals surface area contributed by atoms with Crippen LogP contribution in [-0.2, 0) is 16.0 Å². The fourth-order valence-electron chi connectivity index (χ4n) is 2.45. The molecular weight excluding hydrogens is 318 g/mol. The molecule has 0 aliphatic rings. The van der Waals surface area contributed by atoms with Crippen molar-refractivity contribution in [3.8, 4) is 0 Å². The summed E-state index contributed by atoms with van der Waals surface area (Å²) in [6, 6.07) is 6.72. The molecular formula is C19H25N3O3. The van der Waals surface area contributed by atoms with Gasteiger partial charge in [-0.2, -0.15) is 0 Å². The summed E-state index contributed by atoms with van der Waals surface area (Å²) in [5.74, 6) is 0.0437. The van der Waals surface area contributed by atoms with Crippen LogP contribution in [0.1, 0.15) is 51.0 Å². The Morgan fingerprint density at radius 3 is 2.48 bits per heavy atom. The van der Waals surface area contributed by atoms with Gasteiger partial charge in [-0.1, -0.05) is 27.7 Å². The van der Waals surface area contributed by atoms with Gasteiger partial charge in [-0.25, -0.2) is 0 Å². The van der Waals surface area contributed by atoms with Gasteiger partial charge in [0, 0.05) is 12.6 Å². The molecule has 0 saturated heterocycles. The highest BCUT2D eigenvalue weighted by molar-refractivity contribution is 6.39. The third-order valence-electron chi connectivity index (χ3n) is 3.92. The maximum Gasteiger partial charge on any atom is 0.313 e. The lowest BCUT2D eigenvalue weighted by Gasteiger charge is -2.29. The number of anilines is 1. The van der Waals surface area contributed by atoms with E-state index in [0.29, 0.717) is 17.1 Å². The lowest BCUT2D eigenvalue weighted by Crippen LogP contribution is -2.42. The molecule has 0 spiro atoms. The molecule has 6 nitrogen and oxygen atoms in total. The molecule has 0 fully saturated rings. The number of hydrogen-bond donors (Lipinski definition) is 2. The molecule has 2 heterocycles. The van der Waals surface area contributed by atoms with E-state index >= 15 is 0 Å². The highest BCUT2D eigenvalue weighted by Crippen LogP contribution is 2.33.